The van der Waals surface area contributed by atoms with Crippen LogP contribution in [0.5, 0.6) is 0 Å². The first kappa shape index (κ1) is 13.1. The van der Waals surface area contributed by atoms with Crippen LogP contribution in [0.3, 0.4) is 0 Å². The fraction of sp³-hybridized carbons (Fsp3) is 0.250. The molecule has 19 heavy (non-hydrogen) atoms. The number of nitriles is 1. The summed E-state index contributed by atoms with van der Waals surface area (Å²) in [5.74, 6) is 0.457. The first-order chi connectivity index (χ1) is 9.04. The third-order valence-corrected chi connectivity index (χ3v) is 3.25. The van der Waals surface area contributed by atoms with Crippen LogP contribution in [0.4, 0.5) is 0 Å². The molecule has 0 aliphatic rings. The Bertz CT molecular complexity index is 688. The molecule has 1 aromatic heterocycles. The Hall–Kier alpha value is -2.34. The molecule has 0 bridgehead atoms. The van der Waals surface area contributed by atoms with Crippen molar-refractivity contribution in [3.63, 3.8) is 0 Å². The van der Waals surface area contributed by atoms with Gasteiger partial charge in [-0.15, -0.1) is 0 Å². The second kappa shape index (κ2) is 5.11. The molecule has 0 radical (unpaired) electrons. The van der Waals surface area contributed by atoms with Crippen molar-refractivity contribution in [3.05, 3.63) is 63.6 Å². The Labute approximate surface area is 112 Å². The molecule has 1 heterocycles. The van der Waals surface area contributed by atoms with Crippen molar-refractivity contribution in [2.24, 2.45) is 0 Å². The van der Waals surface area contributed by atoms with Gasteiger partial charge in [0.15, 0.2) is 0 Å². The van der Waals surface area contributed by atoms with Crippen LogP contribution in [0.2, 0.25) is 0 Å². The number of aromatic nitrogens is 1. The van der Waals surface area contributed by atoms with Crippen molar-refractivity contribution in [2.75, 3.05) is 0 Å². The van der Waals surface area contributed by atoms with E-state index in [9.17, 15) is 4.79 Å². The lowest BCUT2D eigenvalue weighted by molar-refractivity contribution is 0.864. The van der Waals surface area contributed by atoms with Crippen molar-refractivity contribution in [1.82, 2.24) is 4.57 Å². The van der Waals surface area contributed by atoms with Gasteiger partial charge in [0.05, 0.1) is 0 Å². The number of pyridine rings is 1. The highest BCUT2D eigenvalue weighted by Crippen LogP contribution is 2.16. The molecule has 0 N–H and O–H groups in total. The second-order valence-electron chi connectivity index (χ2n) is 4.91. The molecule has 0 fully saturated rings. The van der Waals surface area contributed by atoms with Gasteiger partial charge in [0.1, 0.15) is 11.6 Å². The molecule has 3 heteroatoms. The van der Waals surface area contributed by atoms with Crippen molar-refractivity contribution in [1.29, 1.82) is 5.26 Å². The molecule has 0 aliphatic heterocycles. The van der Waals surface area contributed by atoms with Gasteiger partial charge in [-0.3, -0.25) is 9.36 Å². The van der Waals surface area contributed by atoms with Crippen LogP contribution in [-0.4, -0.2) is 4.57 Å². The molecule has 0 spiro atoms. The predicted molar refractivity (Wildman–Crippen MR) is 75.6 cm³/mol. The Morgan fingerprint density at radius 3 is 2.32 bits per heavy atom. The zero-order chi connectivity index (χ0) is 14.0. The second-order valence-corrected chi connectivity index (χ2v) is 4.91. The summed E-state index contributed by atoms with van der Waals surface area (Å²) in [6, 6.07) is 11.6. The van der Waals surface area contributed by atoms with Gasteiger partial charge >= 0.3 is 0 Å². The lowest BCUT2D eigenvalue weighted by Crippen LogP contribution is -2.21. The average Bonchev–Trinajstić information content (AvgIpc) is 2.39. The lowest BCUT2D eigenvalue weighted by Gasteiger charge is -2.10. The molecular weight excluding hydrogens is 236 g/mol. The molecule has 2 rings (SSSR count). The highest BCUT2D eigenvalue weighted by molar-refractivity contribution is 5.41. The van der Waals surface area contributed by atoms with E-state index in [4.69, 9.17) is 5.26 Å². The fourth-order valence-corrected chi connectivity index (χ4v) is 1.99. The summed E-state index contributed by atoms with van der Waals surface area (Å²) in [6.45, 7) is 6.02. The number of hydrogen-bond donors (Lipinski definition) is 0. The van der Waals surface area contributed by atoms with Crippen LogP contribution >= 0.6 is 0 Å². The van der Waals surface area contributed by atoms with Crippen LogP contribution in [0, 0.1) is 18.3 Å². The minimum Gasteiger partial charge on any atom is -0.283 e. The largest absolute Gasteiger partial charge is 0.283 e. The maximum Gasteiger partial charge on any atom is 0.273 e. The molecule has 0 amide bonds. The lowest BCUT2D eigenvalue weighted by atomic mass is 10.0. The maximum atomic E-state index is 12.2. The van der Waals surface area contributed by atoms with Crippen molar-refractivity contribution in [2.45, 2.75) is 26.7 Å². The Morgan fingerprint density at radius 2 is 1.79 bits per heavy atom. The minimum absolute atomic E-state index is 0.204. The molecule has 3 nitrogen and oxygen atoms in total. The smallest absolute Gasteiger partial charge is 0.273 e. The van der Waals surface area contributed by atoms with Crippen LogP contribution in [0.15, 0.2) is 41.3 Å². The van der Waals surface area contributed by atoms with E-state index in [1.807, 2.05) is 30.3 Å². The summed E-state index contributed by atoms with van der Waals surface area (Å²) < 4.78 is 1.51. The number of rotatable bonds is 2. The maximum absolute atomic E-state index is 12.2. The van der Waals surface area contributed by atoms with E-state index in [2.05, 4.69) is 13.8 Å². The SMILES string of the molecule is Cc1ccn(-c2ccc(C(C)C)cc2)c(=O)c1C#N. The Morgan fingerprint density at radius 1 is 1.16 bits per heavy atom. The highest BCUT2D eigenvalue weighted by Gasteiger charge is 2.08. The quantitative estimate of drug-likeness (QED) is 0.824. The van der Waals surface area contributed by atoms with E-state index < -0.39 is 0 Å². The molecule has 0 saturated carbocycles. The third-order valence-electron chi connectivity index (χ3n) is 3.25. The molecular formula is C16H16N2O. The molecule has 0 saturated heterocycles. The van der Waals surface area contributed by atoms with Gasteiger partial charge in [-0.2, -0.15) is 5.26 Å². The van der Waals surface area contributed by atoms with Crippen LogP contribution in [-0.2, 0) is 0 Å². The van der Waals surface area contributed by atoms with Crippen molar-refractivity contribution in [3.8, 4) is 11.8 Å². The molecule has 2 aromatic rings. The summed E-state index contributed by atoms with van der Waals surface area (Å²) in [5, 5.41) is 9.02. The Balaban J connectivity index is 2.55. The van der Waals surface area contributed by atoms with Gasteiger partial charge in [-0.25, -0.2) is 0 Å². The zero-order valence-corrected chi connectivity index (χ0v) is 11.3. The van der Waals surface area contributed by atoms with Crippen molar-refractivity contribution >= 4 is 0 Å². The summed E-state index contributed by atoms with van der Waals surface area (Å²) >= 11 is 0. The fourth-order valence-electron chi connectivity index (χ4n) is 1.99. The van der Waals surface area contributed by atoms with E-state index in [1.165, 1.54) is 10.1 Å². The van der Waals surface area contributed by atoms with Gasteiger partial charge in [0, 0.05) is 11.9 Å². The van der Waals surface area contributed by atoms with Gasteiger partial charge in [-0.05, 0) is 42.2 Å². The first-order valence-electron chi connectivity index (χ1n) is 6.27. The average molecular weight is 252 g/mol. The van der Waals surface area contributed by atoms with Crippen LogP contribution in [0.1, 0.15) is 36.5 Å². The van der Waals surface area contributed by atoms with Gasteiger partial charge < -0.3 is 0 Å². The molecule has 1 aromatic carbocycles. The van der Waals surface area contributed by atoms with E-state index >= 15 is 0 Å². The highest BCUT2D eigenvalue weighted by atomic mass is 16.1. The molecule has 96 valence electrons. The zero-order valence-electron chi connectivity index (χ0n) is 11.3. The topological polar surface area (TPSA) is 45.8 Å². The first-order valence-corrected chi connectivity index (χ1v) is 6.27. The molecule has 0 aliphatic carbocycles. The standard InChI is InChI=1S/C16H16N2O/c1-11(2)13-4-6-14(7-5-13)18-9-8-12(3)15(10-17)16(18)19/h4-9,11H,1-3H3. The van der Waals surface area contributed by atoms with Crippen LogP contribution in [0.25, 0.3) is 5.69 Å². The number of nitrogens with zero attached hydrogens (tertiary/aromatic N) is 2. The number of hydrogen-bond acceptors (Lipinski definition) is 2. The monoisotopic (exact) mass is 252 g/mol. The summed E-state index contributed by atoms with van der Waals surface area (Å²) in [6.07, 6.45) is 1.71. The van der Waals surface area contributed by atoms with Crippen molar-refractivity contribution < 1.29 is 0 Å². The summed E-state index contributed by atoms with van der Waals surface area (Å²) in [7, 11) is 0. The van der Waals surface area contributed by atoms with E-state index in [0.29, 0.717) is 11.5 Å². The summed E-state index contributed by atoms with van der Waals surface area (Å²) in [5.41, 5.74) is 2.66. The number of benzene rings is 1. The van der Waals surface area contributed by atoms with E-state index in [-0.39, 0.29) is 11.1 Å². The summed E-state index contributed by atoms with van der Waals surface area (Å²) in [4.78, 5) is 12.2. The third kappa shape index (κ3) is 2.43. The number of aryl methyl sites for hydroxylation is 1. The van der Waals surface area contributed by atoms with E-state index in [0.717, 1.165) is 5.69 Å². The normalized spacial score (nSPS) is 10.5. The predicted octanol–water partition coefficient (Wildman–Crippen LogP) is 3.14. The molecule has 0 unspecified atom stereocenters. The molecule has 0 atom stereocenters. The van der Waals surface area contributed by atoms with Gasteiger partial charge in [-0.1, -0.05) is 26.0 Å². The van der Waals surface area contributed by atoms with Gasteiger partial charge in [0.2, 0.25) is 0 Å². The Kier molecular flexibility index (Phi) is 3.52. The van der Waals surface area contributed by atoms with Crippen LogP contribution < -0.4 is 5.56 Å². The minimum atomic E-state index is -0.264. The van der Waals surface area contributed by atoms with Gasteiger partial charge in [0.25, 0.3) is 5.56 Å². The van der Waals surface area contributed by atoms with E-state index in [1.54, 1.807) is 19.2 Å².